The first-order valence-electron chi connectivity index (χ1n) is 11.8. The molecule has 0 radical (unpaired) electrons. The topological polar surface area (TPSA) is 97.0 Å². The molecule has 1 aromatic carbocycles. The van der Waals surface area contributed by atoms with Crippen molar-refractivity contribution in [2.24, 2.45) is 0 Å². The number of nitrogens with two attached hydrogens (primary N) is 1. The van der Waals surface area contributed by atoms with Gasteiger partial charge in [-0.1, -0.05) is 30.3 Å². The van der Waals surface area contributed by atoms with Crippen LogP contribution in [-0.2, 0) is 9.47 Å². The van der Waals surface area contributed by atoms with Gasteiger partial charge in [-0.3, -0.25) is 0 Å². The van der Waals surface area contributed by atoms with Crippen molar-refractivity contribution in [3.63, 3.8) is 0 Å². The van der Waals surface area contributed by atoms with E-state index < -0.39 is 0 Å². The second kappa shape index (κ2) is 9.72. The molecule has 9 heteroatoms. The lowest BCUT2D eigenvalue weighted by Crippen LogP contribution is -2.49. The maximum absolute atomic E-state index is 12.0. The van der Waals surface area contributed by atoms with Gasteiger partial charge in [0.05, 0.1) is 25.5 Å². The molecule has 5 rings (SSSR count). The highest BCUT2D eigenvalue weighted by molar-refractivity contribution is 5.91. The standard InChI is InChI=1S/C25H30N6O3/c1-2-34-25(32)31-10-8-29(9-11-31)24-21(26)17-19-16-20(18-6-4-3-5-7-18)23(27-22(19)28-24)30-12-14-33-15-13-30/h3-7,16-17H,2,8-15,26H2,1H3. The van der Waals surface area contributed by atoms with E-state index in [1.807, 2.05) is 31.2 Å². The molecule has 1 amide bonds. The Labute approximate surface area is 199 Å². The molecule has 0 spiro atoms. The molecule has 4 heterocycles. The average Bonchev–Trinajstić information content (AvgIpc) is 2.89. The quantitative estimate of drug-likeness (QED) is 0.632. The van der Waals surface area contributed by atoms with Gasteiger partial charge in [0, 0.05) is 50.2 Å². The molecule has 34 heavy (non-hydrogen) atoms. The minimum absolute atomic E-state index is 0.271. The zero-order valence-electron chi connectivity index (χ0n) is 19.4. The van der Waals surface area contributed by atoms with E-state index in [1.54, 1.807) is 4.90 Å². The maximum Gasteiger partial charge on any atom is 0.409 e. The van der Waals surface area contributed by atoms with Gasteiger partial charge >= 0.3 is 6.09 Å². The van der Waals surface area contributed by atoms with Gasteiger partial charge in [0.1, 0.15) is 5.82 Å². The third kappa shape index (κ3) is 4.43. The zero-order chi connectivity index (χ0) is 23.5. The molecule has 0 saturated carbocycles. The number of hydrogen-bond donors (Lipinski definition) is 1. The Kier molecular flexibility index (Phi) is 6.35. The molecule has 3 aromatic rings. The number of amides is 1. The molecule has 2 aliphatic heterocycles. The number of fused-ring (bicyclic) bond motifs is 1. The number of nitrogens with zero attached hydrogens (tertiary/aromatic N) is 5. The van der Waals surface area contributed by atoms with Crippen molar-refractivity contribution in [2.45, 2.75) is 6.92 Å². The lowest BCUT2D eigenvalue weighted by atomic mass is 10.0. The summed E-state index contributed by atoms with van der Waals surface area (Å²) < 4.78 is 10.7. The fourth-order valence-electron chi connectivity index (χ4n) is 4.52. The Morgan fingerprint density at radius 1 is 0.971 bits per heavy atom. The number of carbonyl (C=O) groups excluding carboxylic acids is 1. The third-order valence-electron chi connectivity index (χ3n) is 6.29. The maximum atomic E-state index is 12.0. The molecule has 0 unspecified atom stereocenters. The second-order valence-corrected chi connectivity index (χ2v) is 8.45. The van der Waals surface area contributed by atoms with E-state index in [1.165, 1.54) is 0 Å². The van der Waals surface area contributed by atoms with E-state index in [0.717, 1.165) is 35.4 Å². The van der Waals surface area contributed by atoms with Crippen LogP contribution in [0.2, 0.25) is 0 Å². The summed E-state index contributed by atoms with van der Waals surface area (Å²) in [6.07, 6.45) is -0.271. The largest absolute Gasteiger partial charge is 0.450 e. The number of piperazine rings is 1. The highest BCUT2D eigenvalue weighted by Crippen LogP contribution is 2.35. The zero-order valence-corrected chi connectivity index (χ0v) is 19.4. The normalized spacial score (nSPS) is 16.7. The first kappa shape index (κ1) is 22.2. The van der Waals surface area contributed by atoms with Gasteiger partial charge in [0.25, 0.3) is 0 Å². The summed E-state index contributed by atoms with van der Waals surface area (Å²) in [5.41, 5.74) is 9.91. The van der Waals surface area contributed by atoms with Crippen molar-refractivity contribution >= 4 is 34.4 Å². The average molecular weight is 463 g/mol. The van der Waals surface area contributed by atoms with Crippen molar-refractivity contribution in [3.8, 4) is 11.1 Å². The third-order valence-corrected chi connectivity index (χ3v) is 6.29. The van der Waals surface area contributed by atoms with Crippen LogP contribution in [0.5, 0.6) is 0 Å². The summed E-state index contributed by atoms with van der Waals surface area (Å²) in [6, 6.07) is 14.4. The van der Waals surface area contributed by atoms with E-state index in [9.17, 15) is 4.79 Å². The van der Waals surface area contributed by atoms with Gasteiger partial charge < -0.3 is 29.9 Å². The fraction of sp³-hybridized carbons (Fsp3) is 0.400. The van der Waals surface area contributed by atoms with Crippen molar-refractivity contribution in [2.75, 3.05) is 74.6 Å². The monoisotopic (exact) mass is 462 g/mol. The molecular weight excluding hydrogens is 432 g/mol. The number of morpholine rings is 1. The summed E-state index contributed by atoms with van der Waals surface area (Å²) in [5, 5.41) is 0.905. The van der Waals surface area contributed by atoms with E-state index in [0.29, 0.717) is 63.2 Å². The van der Waals surface area contributed by atoms with Gasteiger partial charge in [-0.15, -0.1) is 0 Å². The molecule has 2 N–H and O–H groups in total. The molecule has 9 nitrogen and oxygen atoms in total. The summed E-state index contributed by atoms with van der Waals surface area (Å²) in [4.78, 5) is 28.1. The molecule has 0 aliphatic carbocycles. The number of pyridine rings is 2. The van der Waals surface area contributed by atoms with Crippen molar-refractivity contribution < 1.29 is 14.3 Å². The summed E-state index contributed by atoms with van der Waals surface area (Å²) in [5.74, 6) is 1.63. The number of anilines is 3. The summed E-state index contributed by atoms with van der Waals surface area (Å²) in [6.45, 7) is 7.54. The van der Waals surface area contributed by atoms with E-state index in [4.69, 9.17) is 25.2 Å². The molecule has 0 bridgehead atoms. The molecule has 2 aliphatic rings. The first-order valence-corrected chi connectivity index (χ1v) is 11.8. The number of nitrogen functional groups attached to an aromatic ring is 1. The van der Waals surface area contributed by atoms with Crippen LogP contribution in [-0.4, -0.2) is 80.1 Å². The Balaban J connectivity index is 1.49. The lowest BCUT2D eigenvalue weighted by molar-refractivity contribution is 0.105. The Bertz CT molecular complexity index is 1160. The molecule has 178 valence electrons. The SMILES string of the molecule is CCOC(=O)N1CCN(c2nc3nc(N4CCOCC4)c(-c4ccccc4)cc3cc2N)CC1. The number of carbonyl (C=O) groups is 1. The van der Waals surface area contributed by atoms with Gasteiger partial charge in [0.15, 0.2) is 11.5 Å². The van der Waals surface area contributed by atoms with Gasteiger partial charge in [-0.25, -0.2) is 14.8 Å². The number of aromatic nitrogens is 2. The Morgan fingerprint density at radius 3 is 2.35 bits per heavy atom. The predicted molar refractivity (Wildman–Crippen MR) is 133 cm³/mol. The number of hydrogen-bond acceptors (Lipinski definition) is 8. The van der Waals surface area contributed by atoms with E-state index in [2.05, 4.69) is 28.0 Å². The van der Waals surface area contributed by atoms with Crippen molar-refractivity contribution in [1.82, 2.24) is 14.9 Å². The number of rotatable bonds is 4. The van der Waals surface area contributed by atoms with Crippen LogP contribution in [0.25, 0.3) is 22.2 Å². The molecular formula is C25H30N6O3. The van der Waals surface area contributed by atoms with Crippen LogP contribution in [0, 0.1) is 0 Å². The minimum Gasteiger partial charge on any atom is -0.450 e. The van der Waals surface area contributed by atoms with E-state index in [-0.39, 0.29) is 6.09 Å². The number of benzene rings is 1. The summed E-state index contributed by atoms with van der Waals surface area (Å²) >= 11 is 0. The van der Waals surface area contributed by atoms with Crippen molar-refractivity contribution in [3.05, 3.63) is 42.5 Å². The molecule has 2 saturated heterocycles. The second-order valence-electron chi connectivity index (χ2n) is 8.45. The van der Waals surface area contributed by atoms with Gasteiger partial charge in [0.2, 0.25) is 0 Å². The highest BCUT2D eigenvalue weighted by Gasteiger charge is 2.25. The fourth-order valence-corrected chi connectivity index (χ4v) is 4.52. The predicted octanol–water partition coefficient (Wildman–Crippen LogP) is 2.99. The first-order chi connectivity index (χ1) is 16.6. The molecule has 2 fully saturated rings. The lowest BCUT2D eigenvalue weighted by Gasteiger charge is -2.35. The Morgan fingerprint density at radius 2 is 1.65 bits per heavy atom. The van der Waals surface area contributed by atoms with Gasteiger partial charge in [-0.05, 0) is 24.6 Å². The van der Waals surface area contributed by atoms with Crippen LogP contribution in [0.1, 0.15) is 6.92 Å². The summed E-state index contributed by atoms with van der Waals surface area (Å²) in [7, 11) is 0. The van der Waals surface area contributed by atoms with Crippen LogP contribution < -0.4 is 15.5 Å². The van der Waals surface area contributed by atoms with Crippen LogP contribution in [0.4, 0.5) is 22.1 Å². The van der Waals surface area contributed by atoms with Crippen molar-refractivity contribution in [1.29, 1.82) is 0 Å². The molecule has 0 atom stereocenters. The van der Waals surface area contributed by atoms with Crippen LogP contribution in [0.15, 0.2) is 42.5 Å². The Hall–Kier alpha value is -3.59. The van der Waals surface area contributed by atoms with Crippen LogP contribution >= 0.6 is 0 Å². The van der Waals surface area contributed by atoms with E-state index >= 15 is 0 Å². The highest BCUT2D eigenvalue weighted by atomic mass is 16.6. The number of ether oxygens (including phenoxy) is 2. The van der Waals surface area contributed by atoms with Gasteiger partial charge in [-0.2, -0.15) is 0 Å². The minimum atomic E-state index is -0.271. The van der Waals surface area contributed by atoms with Crippen LogP contribution in [0.3, 0.4) is 0 Å². The smallest absolute Gasteiger partial charge is 0.409 e. The molecule has 2 aromatic heterocycles.